The number of nitrogens with one attached hydrogen (secondary N) is 5. The van der Waals surface area contributed by atoms with Crippen molar-refractivity contribution in [3.63, 3.8) is 0 Å². The van der Waals surface area contributed by atoms with Crippen molar-refractivity contribution in [1.82, 2.24) is 36.4 Å². The topological polar surface area (TPSA) is 279 Å². The lowest BCUT2D eigenvalue weighted by molar-refractivity contribution is -0.194. The first-order valence-corrected chi connectivity index (χ1v) is 28.2. The zero-order valence-corrected chi connectivity index (χ0v) is 49.6. The van der Waals surface area contributed by atoms with Gasteiger partial charge in [0.15, 0.2) is 6.29 Å². The van der Waals surface area contributed by atoms with Gasteiger partial charge in [-0.25, -0.2) is 4.79 Å². The number of hydrogen-bond donors (Lipinski definition) is 6. The zero-order chi connectivity index (χ0) is 59.4. The molecule has 6 amide bonds. The fourth-order valence-corrected chi connectivity index (χ4v) is 9.76. The molecular weight excluding hydrogens is 1020 g/mol. The van der Waals surface area contributed by atoms with Crippen LogP contribution in [-0.2, 0) is 73.2 Å². The molecule has 22 heteroatoms. The van der Waals surface area contributed by atoms with Gasteiger partial charge in [0.1, 0.15) is 24.7 Å². The summed E-state index contributed by atoms with van der Waals surface area (Å²) in [5, 5.41) is 23.7. The standard InChI is InChI=1S/C57H97N7O15/c1-15-37(7)51(63(11)56(72)50(36(5)6)62-55(71)49(58-10)35(3)4)44(74-12)32-46(67)64-29-21-25-43(64)52(76-14)38(8)53(69)61-42(31-40-23-18-17-19-24-40)54(70)59-28-22-30-77-57(73)39(9)60-45(66)26-20-27-47(68)78-34-48(75-13)79-41(16-2)33-65/h17-19,23-24,35-39,41-44,48-52,58,65H,15-16,20-22,25-34H2,1-14H3,(H,59,70)(H,60,66)(H,61,69)(H,62,71)/t37-,38+,39-,41?,42-,43-,44+,48?,49-,50-,51-,52+/m0/s1. The number of carbonyl (C=O) groups excluding carboxylic acids is 8. The van der Waals surface area contributed by atoms with Crippen molar-refractivity contribution >= 4 is 47.4 Å². The molecule has 1 heterocycles. The smallest absolute Gasteiger partial charge is 0.328 e. The molecule has 1 aromatic carbocycles. The molecule has 2 rings (SSSR count). The molecule has 2 unspecified atom stereocenters. The number of likely N-dealkylation sites (N-methyl/N-ethyl adjacent to an activating group) is 2. The van der Waals surface area contributed by atoms with E-state index in [2.05, 4.69) is 26.6 Å². The number of aliphatic hydroxyl groups excluding tert-OH is 1. The number of likely N-dealkylation sites (tertiary alicyclic amines) is 1. The molecule has 0 aromatic heterocycles. The van der Waals surface area contributed by atoms with E-state index in [0.29, 0.717) is 32.2 Å². The van der Waals surface area contributed by atoms with Crippen molar-refractivity contribution in [2.45, 2.75) is 187 Å². The highest BCUT2D eigenvalue weighted by Gasteiger charge is 2.43. The van der Waals surface area contributed by atoms with E-state index in [1.165, 1.54) is 28.3 Å². The van der Waals surface area contributed by atoms with Crippen molar-refractivity contribution < 1.29 is 71.9 Å². The summed E-state index contributed by atoms with van der Waals surface area (Å²) in [4.78, 5) is 111. The fourth-order valence-electron chi connectivity index (χ4n) is 9.76. The highest BCUT2D eigenvalue weighted by molar-refractivity contribution is 5.91. The lowest BCUT2D eigenvalue weighted by Crippen LogP contribution is -2.59. The average Bonchev–Trinajstić information content (AvgIpc) is 3.92. The van der Waals surface area contributed by atoms with Crippen LogP contribution in [0.25, 0.3) is 0 Å². The van der Waals surface area contributed by atoms with Gasteiger partial charge in [0.25, 0.3) is 0 Å². The van der Waals surface area contributed by atoms with Crippen molar-refractivity contribution in [3.8, 4) is 0 Å². The van der Waals surface area contributed by atoms with E-state index in [4.69, 9.17) is 28.4 Å². The Hall–Kier alpha value is -5.26. The number of nitrogens with zero attached hydrogens (tertiary/aromatic N) is 2. The molecule has 1 fully saturated rings. The van der Waals surface area contributed by atoms with Crippen LogP contribution in [0.2, 0.25) is 0 Å². The molecule has 0 bridgehead atoms. The highest BCUT2D eigenvalue weighted by atomic mass is 16.7. The van der Waals surface area contributed by atoms with E-state index >= 15 is 0 Å². The number of amides is 6. The molecule has 6 N–H and O–H groups in total. The third-order valence-electron chi connectivity index (χ3n) is 14.7. The molecule has 12 atom stereocenters. The van der Waals surface area contributed by atoms with Crippen LogP contribution in [0.4, 0.5) is 0 Å². The van der Waals surface area contributed by atoms with E-state index in [1.54, 1.807) is 30.8 Å². The second-order valence-electron chi connectivity index (χ2n) is 21.2. The van der Waals surface area contributed by atoms with Gasteiger partial charge >= 0.3 is 11.9 Å². The summed E-state index contributed by atoms with van der Waals surface area (Å²) in [6, 6.07) is 4.92. The van der Waals surface area contributed by atoms with Gasteiger partial charge in [-0.05, 0) is 69.4 Å². The quantitative estimate of drug-likeness (QED) is 0.0315. The van der Waals surface area contributed by atoms with Gasteiger partial charge in [-0.2, -0.15) is 0 Å². The zero-order valence-electron chi connectivity index (χ0n) is 49.6. The monoisotopic (exact) mass is 1120 g/mol. The minimum absolute atomic E-state index is 0.00897. The maximum Gasteiger partial charge on any atom is 0.328 e. The molecule has 0 aliphatic carbocycles. The molecule has 1 aliphatic rings. The predicted octanol–water partition coefficient (Wildman–Crippen LogP) is 3.05. The van der Waals surface area contributed by atoms with Gasteiger partial charge in [-0.1, -0.05) is 92.1 Å². The van der Waals surface area contributed by atoms with Gasteiger partial charge in [0.2, 0.25) is 35.4 Å². The van der Waals surface area contributed by atoms with Crippen LogP contribution in [-0.4, -0.2) is 191 Å². The summed E-state index contributed by atoms with van der Waals surface area (Å²) in [6.45, 7) is 16.7. The molecule has 450 valence electrons. The number of methoxy groups -OCH3 is 3. The summed E-state index contributed by atoms with van der Waals surface area (Å²) in [5.74, 6) is -4.54. The Balaban J connectivity index is 2.06. The highest BCUT2D eigenvalue weighted by Crippen LogP contribution is 2.30. The Morgan fingerprint density at radius 2 is 1.46 bits per heavy atom. The number of benzene rings is 1. The van der Waals surface area contributed by atoms with Crippen molar-refractivity contribution in [3.05, 3.63) is 35.9 Å². The third kappa shape index (κ3) is 23.0. The SMILES string of the molecule is CCC(CO)OC(COC(=O)CCCC(=O)N[C@@H](C)C(=O)OCCCNC(=O)[C@H](Cc1ccccc1)NC(=O)[C@H](C)[C@@H](OC)[C@@H]1CCCN1C(=O)C[C@@H](OC)[C@H]([C@@H](C)CC)N(C)C(=O)[C@@H](NC(=O)[C@@H](NC)C(C)C)C(C)C)OC. The van der Waals surface area contributed by atoms with E-state index in [1.807, 2.05) is 78.8 Å². The van der Waals surface area contributed by atoms with Gasteiger partial charge in [-0.3, -0.25) is 33.6 Å². The lowest BCUT2D eigenvalue weighted by atomic mass is 9.89. The molecule has 1 aromatic rings. The summed E-state index contributed by atoms with van der Waals surface area (Å²) in [6.07, 6.45) is 0.109. The van der Waals surface area contributed by atoms with Crippen molar-refractivity contribution in [2.24, 2.45) is 23.7 Å². The fraction of sp³-hybridized carbons (Fsp3) is 0.754. The maximum absolute atomic E-state index is 14.5. The van der Waals surface area contributed by atoms with Crippen LogP contribution in [0.5, 0.6) is 0 Å². The maximum atomic E-state index is 14.5. The van der Waals surface area contributed by atoms with E-state index < -0.39 is 96.4 Å². The van der Waals surface area contributed by atoms with E-state index in [-0.39, 0.29) is 100 Å². The average molecular weight is 1120 g/mol. The van der Waals surface area contributed by atoms with Crippen LogP contribution in [0.1, 0.15) is 126 Å². The molecule has 22 nitrogen and oxygen atoms in total. The number of esters is 2. The Labute approximate surface area is 469 Å². The molecule has 79 heavy (non-hydrogen) atoms. The number of aliphatic hydroxyl groups is 1. The van der Waals surface area contributed by atoms with Gasteiger partial charge < -0.3 is 69.9 Å². The van der Waals surface area contributed by atoms with Gasteiger partial charge in [0, 0.05) is 60.7 Å². The Bertz CT molecular complexity index is 2030. The van der Waals surface area contributed by atoms with Crippen LogP contribution < -0.4 is 26.6 Å². The number of carbonyl (C=O) groups is 8. The van der Waals surface area contributed by atoms with Crippen molar-refractivity contribution in [2.75, 3.05) is 68.3 Å². The van der Waals surface area contributed by atoms with Gasteiger partial charge in [0.05, 0.1) is 62.0 Å². The largest absolute Gasteiger partial charge is 0.464 e. The van der Waals surface area contributed by atoms with E-state index in [9.17, 15) is 43.5 Å². The van der Waals surface area contributed by atoms with Gasteiger partial charge in [-0.15, -0.1) is 0 Å². The number of rotatable bonds is 38. The first kappa shape index (κ1) is 69.8. The Morgan fingerprint density at radius 1 is 0.785 bits per heavy atom. The summed E-state index contributed by atoms with van der Waals surface area (Å²) < 4.78 is 33.3. The Kier molecular flexibility index (Phi) is 32.6. The molecular formula is C57H97N7O15. The minimum atomic E-state index is -0.999. The molecule has 0 spiro atoms. The number of ether oxygens (including phenoxy) is 6. The normalized spacial score (nSPS) is 17.7. The van der Waals surface area contributed by atoms with Crippen LogP contribution in [0.15, 0.2) is 30.3 Å². The van der Waals surface area contributed by atoms with Crippen LogP contribution >= 0.6 is 0 Å². The second kappa shape index (κ2) is 36.9. The summed E-state index contributed by atoms with van der Waals surface area (Å²) in [7, 11) is 7.82. The molecule has 0 radical (unpaired) electrons. The van der Waals surface area contributed by atoms with Crippen molar-refractivity contribution in [1.29, 1.82) is 0 Å². The summed E-state index contributed by atoms with van der Waals surface area (Å²) >= 11 is 0. The summed E-state index contributed by atoms with van der Waals surface area (Å²) in [5.41, 5.74) is 0.802. The van der Waals surface area contributed by atoms with Crippen LogP contribution in [0, 0.1) is 23.7 Å². The second-order valence-corrected chi connectivity index (χ2v) is 21.2. The third-order valence-corrected chi connectivity index (χ3v) is 14.7. The predicted molar refractivity (Wildman–Crippen MR) is 297 cm³/mol. The van der Waals surface area contributed by atoms with Crippen LogP contribution in [0.3, 0.4) is 0 Å². The first-order chi connectivity index (χ1) is 37.5. The van der Waals surface area contributed by atoms with E-state index in [0.717, 1.165) is 5.56 Å². The lowest BCUT2D eigenvalue weighted by Gasteiger charge is -2.41. The minimum Gasteiger partial charge on any atom is -0.464 e. The number of hydrogen-bond acceptors (Lipinski definition) is 16. The first-order valence-electron chi connectivity index (χ1n) is 28.2. The molecule has 1 aliphatic heterocycles. The molecule has 1 saturated heterocycles. The Morgan fingerprint density at radius 3 is 2.03 bits per heavy atom. The molecule has 0 saturated carbocycles.